The molecule has 0 saturated carbocycles. The van der Waals surface area contributed by atoms with Gasteiger partial charge in [0.2, 0.25) is 0 Å². The quantitative estimate of drug-likeness (QED) is 0.559. The number of nitrogens with zero attached hydrogens (tertiary/aromatic N) is 5. The monoisotopic (exact) mass is 320 g/mol. The van der Waals surface area contributed by atoms with Gasteiger partial charge in [0.15, 0.2) is 11.3 Å². The van der Waals surface area contributed by atoms with E-state index in [9.17, 15) is 5.11 Å². The molecule has 1 aromatic carbocycles. The van der Waals surface area contributed by atoms with Crippen LogP contribution < -0.4 is 5.73 Å². The molecule has 0 unspecified atom stereocenters. The van der Waals surface area contributed by atoms with Crippen molar-refractivity contribution in [3.05, 3.63) is 41.5 Å². The first-order valence-corrected chi connectivity index (χ1v) is 7.53. The lowest BCUT2D eigenvalue weighted by molar-refractivity contribution is 0.470. The van der Waals surface area contributed by atoms with Gasteiger partial charge in [0.1, 0.15) is 23.4 Å². The van der Waals surface area contributed by atoms with E-state index in [1.807, 2.05) is 31.4 Å². The Kier molecular flexibility index (Phi) is 2.93. The van der Waals surface area contributed by atoms with Crippen molar-refractivity contribution in [3.8, 4) is 11.4 Å². The van der Waals surface area contributed by atoms with Crippen molar-refractivity contribution in [2.75, 3.05) is 5.73 Å². The number of nitrogen functional groups attached to an aromatic ring is 1. The standard InChI is InChI=1S/C17H16N6O/c1-8-4-5-11(24)10(3)14(8)23-16-12(15(18)20-7-21-16)13-17(23)19-6-9(2)22-13/h4-7,24H,1-3H3,(H2,18,20,21). The van der Waals surface area contributed by atoms with Crippen LogP contribution in [0.15, 0.2) is 24.7 Å². The minimum Gasteiger partial charge on any atom is -0.508 e. The number of aromatic nitrogens is 5. The average molecular weight is 320 g/mol. The van der Waals surface area contributed by atoms with E-state index in [-0.39, 0.29) is 5.75 Å². The molecule has 0 saturated heterocycles. The number of fused-ring (bicyclic) bond motifs is 3. The van der Waals surface area contributed by atoms with Gasteiger partial charge in [-0.15, -0.1) is 0 Å². The van der Waals surface area contributed by atoms with Gasteiger partial charge < -0.3 is 10.8 Å². The van der Waals surface area contributed by atoms with Crippen molar-refractivity contribution in [2.45, 2.75) is 20.8 Å². The maximum atomic E-state index is 10.2. The summed E-state index contributed by atoms with van der Waals surface area (Å²) in [4.78, 5) is 17.6. The van der Waals surface area contributed by atoms with Crippen LogP contribution in [0.3, 0.4) is 0 Å². The summed E-state index contributed by atoms with van der Waals surface area (Å²) in [6.45, 7) is 5.72. The van der Waals surface area contributed by atoms with E-state index in [1.54, 1.807) is 12.3 Å². The van der Waals surface area contributed by atoms with Gasteiger partial charge in [-0.1, -0.05) is 6.07 Å². The van der Waals surface area contributed by atoms with Crippen molar-refractivity contribution in [1.82, 2.24) is 24.5 Å². The number of nitrogens with two attached hydrogens (primary N) is 1. The van der Waals surface area contributed by atoms with E-state index < -0.39 is 0 Å². The van der Waals surface area contributed by atoms with E-state index in [0.29, 0.717) is 28.0 Å². The van der Waals surface area contributed by atoms with Crippen LogP contribution in [-0.2, 0) is 0 Å². The Bertz CT molecular complexity index is 1120. The predicted molar refractivity (Wildman–Crippen MR) is 92.2 cm³/mol. The van der Waals surface area contributed by atoms with Crippen molar-refractivity contribution in [3.63, 3.8) is 0 Å². The molecule has 0 aliphatic carbocycles. The molecule has 0 fully saturated rings. The molecule has 0 bridgehead atoms. The van der Waals surface area contributed by atoms with Crippen LogP contribution >= 0.6 is 0 Å². The van der Waals surface area contributed by atoms with E-state index in [4.69, 9.17) is 5.73 Å². The fourth-order valence-electron chi connectivity index (χ4n) is 3.07. The zero-order chi connectivity index (χ0) is 17.0. The molecule has 3 heterocycles. The van der Waals surface area contributed by atoms with Gasteiger partial charge in [-0.25, -0.2) is 19.9 Å². The summed E-state index contributed by atoms with van der Waals surface area (Å²) in [5.41, 5.74) is 11.4. The molecule has 4 rings (SSSR count). The third kappa shape index (κ3) is 1.84. The number of benzene rings is 1. The van der Waals surface area contributed by atoms with Crippen LogP contribution in [0, 0.1) is 20.8 Å². The van der Waals surface area contributed by atoms with Gasteiger partial charge in [0, 0.05) is 5.56 Å². The highest BCUT2D eigenvalue weighted by Gasteiger charge is 2.21. The first-order chi connectivity index (χ1) is 11.5. The number of phenolic OH excluding ortho intramolecular Hbond substituents is 1. The Morgan fingerprint density at radius 2 is 1.83 bits per heavy atom. The van der Waals surface area contributed by atoms with Gasteiger partial charge in [0.05, 0.1) is 23.0 Å². The summed E-state index contributed by atoms with van der Waals surface area (Å²) in [5.74, 6) is 0.576. The highest BCUT2D eigenvalue weighted by atomic mass is 16.3. The topological polar surface area (TPSA) is 103 Å². The highest BCUT2D eigenvalue weighted by molar-refractivity contribution is 6.09. The molecular weight excluding hydrogens is 304 g/mol. The number of phenols is 1. The van der Waals surface area contributed by atoms with Crippen LogP contribution in [0.2, 0.25) is 0 Å². The van der Waals surface area contributed by atoms with Gasteiger partial charge in [-0.05, 0) is 32.4 Å². The third-order valence-corrected chi connectivity index (χ3v) is 4.22. The largest absolute Gasteiger partial charge is 0.508 e. The minimum absolute atomic E-state index is 0.215. The van der Waals surface area contributed by atoms with Crippen LogP contribution in [0.1, 0.15) is 16.8 Å². The molecule has 3 N–H and O–H groups in total. The van der Waals surface area contributed by atoms with Crippen LogP contribution in [0.4, 0.5) is 5.82 Å². The summed E-state index contributed by atoms with van der Waals surface area (Å²) >= 11 is 0. The van der Waals surface area contributed by atoms with Crippen LogP contribution in [0.5, 0.6) is 5.75 Å². The number of anilines is 1. The molecule has 0 radical (unpaired) electrons. The Morgan fingerprint density at radius 1 is 1.04 bits per heavy atom. The Labute approximate surface area is 137 Å². The van der Waals surface area contributed by atoms with E-state index >= 15 is 0 Å². The molecule has 7 heteroatoms. The van der Waals surface area contributed by atoms with Gasteiger partial charge in [-0.2, -0.15) is 0 Å². The Morgan fingerprint density at radius 3 is 2.62 bits per heavy atom. The van der Waals surface area contributed by atoms with Gasteiger partial charge in [0.25, 0.3) is 0 Å². The summed E-state index contributed by atoms with van der Waals surface area (Å²) < 4.78 is 1.89. The van der Waals surface area contributed by atoms with Crippen LogP contribution in [0.25, 0.3) is 27.9 Å². The number of rotatable bonds is 1. The summed E-state index contributed by atoms with van der Waals surface area (Å²) in [7, 11) is 0. The molecule has 7 nitrogen and oxygen atoms in total. The lowest BCUT2D eigenvalue weighted by atomic mass is 10.1. The molecule has 120 valence electrons. The lowest BCUT2D eigenvalue weighted by Gasteiger charge is -2.14. The first kappa shape index (κ1) is 14.4. The number of hydrogen-bond donors (Lipinski definition) is 2. The molecule has 0 atom stereocenters. The minimum atomic E-state index is 0.215. The fourth-order valence-corrected chi connectivity index (χ4v) is 3.07. The molecule has 3 aromatic heterocycles. The van der Waals surface area contributed by atoms with Crippen molar-refractivity contribution < 1.29 is 5.11 Å². The van der Waals surface area contributed by atoms with Gasteiger partial charge in [-0.3, -0.25) is 4.57 Å². The number of aryl methyl sites for hydroxylation is 2. The number of hydrogen-bond acceptors (Lipinski definition) is 6. The highest BCUT2D eigenvalue weighted by Crippen LogP contribution is 2.35. The summed E-state index contributed by atoms with van der Waals surface area (Å²) in [6.07, 6.45) is 3.13. The van der Waals surface area contributed by atoms with Crippen molar-refractivity contribution >= 4 is 28.0 Å². The molecule has 0 aliphatic heterocycles. The Hall–Kier alpha value is -3.22. The maximum Gasteiger partial charge on any atom is 0.165 e. The lowest BCUT2D eigenvalue weighted by Crippen LogP contribution is -2.03. The second kappa shape index (κ2) is 4.89. The van der Waals surface area contributed by atoms with E-state index in [1.165, 1.54) is 6.33 Å². The molecule has 4 aromatic rings. The summed E-state index contributed by atoms with van der Waals surface area (Å²) in [6, 6.07) is 3.54. The summed E-state index contributed by atoms with van der Waals surface area (Å²) in [5, 5.41) is 10.8. The zero-order valence-electron chi connectivity index (χ0n) is 13.6. The smallest absolute Gasteiger partial charge is 0.165 e. The fraction of sp³-hybridized carbons (Fsp3) is 0.176. The average Bonchev–Trinajstić information content (AvgIpc) is 2.87. The van der Waals surface area contributed by atoms with E-state index in [0.717, 1.165) is 22.5 Å². The maximum absolute atomic E-state index is 10.2. The second-order valence-electron chi connectivity index (χ2n) is 5.85. The molecule has 0 spiro atoms. The molecule has 0 aliphatic rings. The molecular formula is C17H16N6O. The normalized spacial score (nSPS) is 11.5. The van der Waals surface area contributed by atoms with Crippen molar-refractivity contribution in [1.29, 1.82) is 0 Å². The second-order valence-corrected chi connectivity index (χ2v) is 5.85. The van der Waals surface area contributed by atoms with Gasteiger partial charge >= 0.3 is 0 Å². The van der Waals surface area contributed by atoms with E-state index in [2.05, 4.69) is 19.9 Å². The first-order valence-electron chi connectivity index (χ1n) is 7.53. The molecule has 0 amide bonds. The predicted octanol–water partition coefficient (Wildman–Crippen LogP) is 2.58. The zero-order valence-corrected chi connectivity index (χ0v) is 13.6. The number of aromatic hydroxyl groups is 1. The Balaban J connectivity index is 2.28. The van der Waals surface area contributed by atoms with Crippen LogP contribution in [-0.4, -0.2) is 29.6 Å². The SMILES string of the molecule is Cc1cnc2c(n1)c1c(N)ncnc1n2-c1c(C)ccc(O)c1C. The molecule has 24 heavy (non-hydrogen) atoms. The third-order valence-electron chi connectivity index (χ3n) is 4.22. The van der Waals surface area contributed by atoms with Crippen molar-refractivity contribution in [2.24, 2.45) is 0 Å².